The summed E-state index contributed by atoms with van der Waals surface area (Å²) in [5.74, 6) is 1.73. The van der Waals surface area contributed by atoms with Gasteiger partial charge in [-0.05, 0) is 44.7 Å². The van der Waals surface area contributed by atoms with Crippen LogP contribution >= 0.6 is 11.3 Å². The van der Waals surface area contributed by atoms with Gasteiger partial charge in [0, 0.05) is 12.6 Å². The molecule has 3 rings (SSSR count). The molecular weight excluding hydrogens is 256 g/mol. The van der Waals surface area contributed by atoms with Crippen LogP contribution < -0.4 is 0 Å². The lowest BCUT2D eigenvalue weighted by Gasteiger charge is -2.32. The van der Waals surface area contributed by atoms with Crippen molar-refractivity contribution in [2.45, 2.75) is 45.7 Å². The zero-order valence-corrected chi connectivity index (χ0v) is 12.4. The summed E-state index contributed by atoms with van der Waals surface area (Å²) in [6.07, 6.45) is 3.96. The molecule has 1 fully saturated rings. The van der Waals surface area contributed by atoms with Crippen LogP contribution in [0.2, 0.25) is 0 Å². The first-order valence-corrected chi connectivity index (χ1v) is 7.86. The number of piperidine rings is 1. The third-order valence-corrected chi connectivity index (χ3v) is 4.78. The molecule has 0 unspecified atom stereocenters. The monoisotopic (exact) mass is 276 g/mol. The molecule has 0 bridgehead atoms. The van der Waals surface area contributed by atoms with E-state index in [0.717, 1.165) is 28.8 Å². The zero-order valence-electron chi connectivity index (χ0n) is 11.6. The summed E-state index contributed by atoms with van der Waals surface area (Å²) in [5, 5.41) is 2.06. The topological polar surface area (TPSA) is 29.3 Å². The van der Waals surface area contributed by atoms with Gasteiger partial charge in [-0.2, -0.15) is 0 Å². The van der Waals surface area contributed by atoms with Crippen molar-refractivity contribution in [2.75, 3.05) is 6.54 Å². The fraction of sp³-hybridized carbons (Fsp3) is 0.533. The van der Waals surface area contributed by atoms with E-state index in [1.807, 2.05) is 13.0 Å². The summed E-state index contributed by atoms with van der Waals surface area (Å²) in [6, 6.07) is 4.75. The molecule has 0 radical (unpaired) electrons. The Morgan fingerprint density at radius 2 is 2.37 bits per heavy atom. The van der Waals surface area contributed by atoms with E-state index in [-0.39, 0.29) is 0 Å². The molecule has 1 aliphatic rings. The Morgan fingerprint density at radius 3 is 3.11 bits per heavy atom. The summed E-state index contributed by atoms with van der Waals surface area (Å²) in [7, 11) is 0. The minimum Gasteiger partial charge on any atom is -0.440 e. The van der Waals surface area contributed by atoms with Crippen LogP contribution in [0.25, 0.3) is 10.8 Å². The molecule has 1 aliphatic heterocycles. The van der Waals surface area contributed by atoms with E-state index in [0.29, 0.717) is 6.04 Å². The second-order valence-corrected chi connectivity index (χ2v) is 6.26. The van der Waals surface area contributed by atoms with Crippen molar-refractivity contribution in [3.05, 3.63) is 29.0 Å². The van der Waals surface area contributed by atoms with Gasteiger partial charge < -0.3 is 4.42 Å². The first-order valence-electron chi connectivity index (χ1n) is 6.98. The lowest BCUT2D eigenvalue weighted by atomic mass is 10.0. The average Bonchev–Trinajstić information content (AvgIpc) is 3.02. The van der Waals surface area contributed by atoms with E-state index >= 15 is 0 Å². The highest BCUT2D eigenvalue weighted by atomic mass is 32.1. The number of nitrogens with zero attached hydrogens (tertiary/aromatic N) is 2. The number of rotatable bonds is 3. The molecular formula is C15H20N2OS. The zero-order chi connectivity index (χ0) is 13.2. The third kappa shape index (κ3) is 2.74. The quantitative estimate of drug-likeness (QED) is 0.845. The first kappa shape index (κ1) is 12.9. The molecule has 3 heterocycles. The van der Waals surface area contributed by atoms with Crippen molar-refractivity contribution in [3.8, 4) is 10.8 Å². The summed E-state index contributed by atoms with van der Waals surface area (Å²) in [6.45, 7) is 6.44. The van der Waals surface area contributed by atoms with Gasteiger partial charge in [0.1, 0.15) is 5.76 Å². The maximum absolute atomic E-state index is 5.81. The van der Waals surface area contributed by atoms with Crippen molar-refractivity contribution in [3.63, 3.8) is 0 Å². The van der Waals surface area contributed by atoms with E-state index in [1.54, 1.807) is 11.3 Å². The number of hydrogen-bond donors (Lipinski definition) is 0. The second kappa shape index (κ2) is 5.47. The summed E-state index contributed by atoms with van der Waals surface area (Å²) < 4.78 is 5.81. The van der Waals surface area contributed by atoms with Crippen LogP contribution in [0.3, 0.4) is 0 Å². The van der Waals surface area contributed by atoms with E-state index in [2.05, 4.69) is 28.3 Å². The lowest BCUT2D eigenvalue weighted by molar-refractivity contribution is 0.150. The molecule has 1 atom stereocenters. The van der Waals surface area contributed by atoms with Crippen molar-refractivity contribution in [1.82, 2.24) is 9.88 Å². The number of thiophene rings is 1. The van der Waals surface area contributed by atoms with Crippen LogP contribution in [0.1, 0.15) is 37.6 Å². The van der Waals surface area contributed by atoms with E-state index < -0.39 is 0 Å². The van der Waals surface area contributed by atoms with Gasteiger partial charge in [-0.25, -0.2) is 4.98 Å². The minimum atomic E-state index is 0.662. The van der Waals surface area contributed by atoms with E-state index in [1.165, 1.54) is 25.8 Å². The van der Waals surface area contributed by atoms with Gasteiger partial charge >= 0.3 is 0 Å². The van der Waals surface area contributed by atoms with E-state index in [9.17, 15) is 0 Å². The molecule has 0 amide bonds. The summed E-state index contributed by atoms with van der Waals surface area (Å²) >= 11 is 1.67. The van der Waals surface area contributed by atoms with Crippen LogP contribution in [0.4, 0.5) is 0 Å². The number of likely N-dealkylation sites (tertiary alicyclic amines) is 1. The maximum atomic E-state index is 5.81. The highest BCUT2D eigenvalue weighted by Gasteiger charge is 2.21. The molecule has 0 N–H and O–H groups in total. The standard InChI is InChI=1S/C15H20N2OS/c1-11-6-3-4-8-17(11)10-13-12(2)18-15(16-13)14-7-5-9-19-14/h5,7,9,11H,3-4,6,8,10H2,1-2H3/t11-/m0/s1. The molecule has 0 aromatic carbocycles. The molecule has 0 spiro atoms. The van der Waals surface area contributed by atoms with Crippen molar-refractivity contribution >= 4 is 11.3 Å². The average molecular weight is 276 g/mol. The molecule has 4 heteroatoms. The number of aromatic nitrogens is 1. The van der Waals surface area contributed by atoms with Crippen molar-refractivity contribution in [1.29, 1.82) is 0 Å². The van der Waals surface area contributed by atoms with Gasteiger partial charge in [-0.1, -0.05) is 12.5 Å². The number of aryl methyl sites for hydroxylation is 1. The first-order chi connectivity index (χ1) is 9.24. The Hall–Kier alpha value is -1.13. The van der Waals surface area contributed by atoms with Crippen molar-refractivity contribution < 1.29 is 4.42 Å². The molecule has 0 aliphatic carbocycles. The molecule has 2 aromatic rings. The molecule has 3 nitrogen and oxygen atoms in total. The molecule has 19 heavy (non-hydrogen) atoms. The molecule has 2 aromatic heterocycles. The van der Waals surface area contributed by atoms with Crippen LogP contribution in [0.15, 0.2) is 21.9 Å². The van der Waals surface area contributed by atoms with Gasteiger partial charge in [-0.15, -0.1) is 11.3 Å². The highest BCUT2D eigenvalue weighted by molar-refractivity contribution is 7.13. The molecule has 1 saturated heterocycles. The summed E-state index contributed by atoms with van der Waals surface area (Å²) in [5.41, 5.74) is 1.09. The Labute approximate surface area is 118 Å². The van der Waals surface area contributed by atoms with Gasteiger partial charge in [0.2, 0.25) is 5.89 Å². The van der Waals surface area contributed by atoms with Crippen LogP contribution in [0.5, 0.6) is 0 Å². The van der Waals surface area contributed by atoms with Crippen LogP contribution in [0, 0.1) is 6.92 Å². The Balaban J connectivity index is 1.78. The Bertz CT molecular complexity index is 532. The largest absolute Gasteiger partial charge is 0.440 e. The van der Waals surface area contributed by atoms with Crippen LogP contribution in [-0.4, -0.2) is 22.5 Å². The molecule has 0 saturated carbocycles. The fourth-order valence-electron chi connectivity index (χ4n) is 2.67. The Morgan fingerprint density at radius 1 is 1.47 bits per heavy atom. The fourth-order valence-corrected chi connectivity index (χ4v) is 3.31. The maximum Gasteiger partial charge on any atom is 0.236 e. The number of hydrogen-bond acceptors (Lipinski definition) is 4. The predicted octanol–water partition coefficient (Wildman–Crippen LogP) is 4.09. The smallest absolute Gasteiger partial charge is 0.236 e. The second-order valence-electron chi connectivity index (χ2n) is 5.31. The minimum absolute atomic E-state index is 0.662. The SMILES string of the molecule is Cc1oc(-c2cccs2)nc1CN1CCCC[C@@H]1C. The number of oxazole rings is 1. The van der Waals surface area contributed by atoms with Gasteiger partial charge in [0.15, 0.2) is 0 Å². The normalized spacial score (nSPS) is 20.8. The Kier molecular flexibility index (Phi) is 3.71. The molecule has 102 valence electrons. The van der Waals surface area contributed by atoms with Crippen LogP contribution in [-0.2, 0) is 6.54 Å². The van der Waals surface area contributed by atoms with Gasteiger partial charge in [-0.3, -0.25) is 4.90 Å². The van der Waals surface area contributed by atoms with Crippen molar-refractivity contribution in [2.24, 2.45) is 0 Å². The highest BCUT2D eigenvalue weighted by Crippen LogP contribution is 2.27. The third-order valence-electron chi connectivity index (χ3n) is 3.92. The van der Waals surface area contributed by atoms with E-state index in [4.69, 9.17) is 4.42 Å². The summed E-state index contributed by atoms with van der Waals surface area (Å²) in [4.78, 5) is 8.32. The predicted molar refractivity (Wildman–Crippen MR) is 78.3 cm³/mol. The van der Waals surface area contributed by atoms with Gasteiger partial charge in [0.25, 0.3) is 0 Å². The van der Waals surface area contributed by atoms with Gasteiger partial charge in [0.05, 0.1) is 10.6 Å². The lowest BCUT2D eigenvalue weighted by Crippen LogP contribution is -2.37.